The van der Waals surface area contributed by atoms with E-state index in [1.165, 1.54) is 64.7 Å². The number of fused-ring (bicyclic) bond motifs is 3. The summed E-state index contributed by atoms with van der Waals surface area (Å²) >= 11 is 1.89. The van der Waals surface area contributed by atoms with Crippen LogP contribution in [-0.2, 0) is 0 Å². The lowest BCUT2D eigenvalue weighted by atomic mass is 9.94. The van der Waals surface area contributed by atoms with E-state index in [9.17, 15) is 0 Å². The van der Waals surface area contributed by atoms with Gasteiger partial charge in [0, 0.05) is 25.7 Å². The van der Waals surface area contributed by atoms with Crippen LogP contribution in [0.15, 0.2) is 146 Å². The molecule has 0 aliphatic rings. The monoisotopic (exact) mass is 488 g/mol. The van der Waals surface area contributed by atoms with Crippen molar-refractivity contribution >= 4 is 31.5 Å². The molecule has 0 unspecified atom stereocenters. The van der Waals surface area contributed by atoms with Crippen molar-refractivity contribution in [1.29, 1.82) is 0 Å². The molecular formula is C36H24S. The molecule has 1 heteroatoms. The Morgan fingerprint density at radius 1 is 0.324 bits per heavy atom. The molecule has 7 rings (SSSR count). The van der Waals surface area contributed by atoms with Crippen LogP contribution in [0.4, 0.5) is 0 Å². The Bertz CT molecular complexity index is 1850. The highest BCUT2D eigenvalue weighted by Gasteiger charge is 2.15. The molecule has 0 spiro atoms. The van der Waals surface area contributed by atoms with Crippen LogP contribution in [0.25, 0.3) is 64.7 Å². The Morgan fingerprint density at radius 3 is 1.49 bits per heavy atom. The first kappa shape index (κ1) is 21.8. The third kappa shape index (κ3) is 4.04. The number of hydrogen-bond acceptors (Lipinski definition) is 1. The molecule has 7 aromatic rings. The predicted molar refractivity (Wildman–Crippen MR) is 161 cm³/mol. The van der Waals surface area contributed by atoms with Crippen molar-refractivity contribution in [2.24, 2.45) is 0 Å². The first-order valence-electron chi connectivity index (χ1n) is 12.6. The van der Waals surface area contributed by atoms with Gasteiger partial charge in [-0.05, 0) is 69.3 Å². The molecule has 1 aromatic heterocycles. The van der Waals surface area contributed by atoms with Crippen molar-refractivity contribution in [2.45, 2.75) is 0 Å². The maximum Gasteiger partial charge on any atom is 0.0434 e. The Balaban J connectivity index is 1.49. The van der Waals surface area contributed by atoms with Crippen molar-refractivity contribution in [2.75, 3.05) is 0 Å². The highest BCUT2D eigenvalue weighted by molar-refractivity contribution is 7.26. The Labute approximate surface area is 221 Å². The van der Waals surface area contributed by atoms with Crippen LogP contribution in [0.1, 0.15) is 0 Å². The van der Waals surface area contributed by atoms with Crippen molar-refractivity contribution in [3.63, 3.8) is 0 Å². The predicted octanol–water partition coefficient (Wildman–Crippen LogP) is 10.7. The highest BCUT2D eigenvalue weighted by Crippen LogP contribution is 2.44. The zero-order valence-electron chi connectivity index (χ0n) is 20.3. The molecule has 0 radical (unpaired) electrons. The molecule has 0 nitrogen and oxygen atoms in total. The van der Waals surface area contributed by atoms with Crippen molar-refractivity contribution < 1.29 is 0 Å². The van der Waals surface area contributed by atoms with Gasteiger partial charge in [-0.1, -0.05) is 115 Å². The van der Waals surface area contributed by atoms with Gasteiger partial charge in [0.25, 0.3) is 0 Å². The molecule has 37 heavy (non-hydrogen) atoms. The summed E-state index contributed by atoms with van der Waals surface area (Å²) in [5.74, 6) is 0. The van der Waals surface area contributed by atoms with Gasteiger partial charge in [-0.25, -0.2) is 0 Å². The molecule has 0 aliphatic carbocycles. The highest BCUT2D eigenvalue weighted by atomic mass is 32.1. The van der Waals surface area contributed by atoms with E-state index in [0.717, 1.165) is 0 Å². The number of thiophene rings is 1. The lowest BCUT2D eigenvalue weighted by molar-refractivity contribution is 1.60. The Kier molecular flexibility index (Phi) is 5.42. The maximum absolute atomic E-state index is 2.38. The van der Waals surface area contributed by atoms with E-state index in [-0.39, 0.29) is 0 Å². The van der Waals surface area contributed by atoms with Crippen LogP contribution in [-0.4, -0.2) is 0 Å². The number of hydrogen-bond donors (Lipinski definition) is 0. The third-order valence-electron chi connectivity index (χ3n) is 7.07. The van der Waals surface area contributed by atoms with E-state index in [1.807, 2.05) is 11.3 Å². The van der Waals surface area contributed by atoms with Crippen LogP contribution in [0.3, 0.4) is 0 Å². The maximum atomic E-state index is 2.38. The average molecular weight is 489 g/mol. The van der Waals surface area contributed by atoms with Crippen LogP contribution in [0.5, 0.6) is 0 Å². The molecule has 0 saturated heterocycles. The van der Waals surface area contributed by atoms with Gasteiger partial charge in [-0.15, -0.1) is 11.3 Å². The second-order valence-corrected chi connectivity index (χ2v) is 10.4. The minimum atomic E-state index is 1.24. The van der Waals surface area contributed by atoms with E-state index in [2.05, 4.69) is 146 Å². The molecule has 0 N–H and O–H groups in total. The topological polar surface area (TPSA) is 0 Å². The van der Waals surface area contributed by atoms with Gasteiger partial charge in [0.05, 0.1) is 0 Å². The van der Waals surface area contributed by atoms with Gasteiger partial charge in [0.15, 0.2) is 0 Å². The van der Waals surface area contributed by atoms with E-state index < -0.39 is 0 Å². The van der Waals surface area contributed by atoms with Gasteiger partial charge < -0.3 is 0 Å². The van der Waals surface area contributed by atoms with E-state index in [1.54, 1.807) is 0 Å². The zero-order chi connectivity index (χ0) is 24.6. The van der Waals surface area contributed by atoms with Gasteiger partial charge in [0.2, 0.25) is 0 Å². The molecule has 174 valence electrons. The first-order chi connectivity index (χ1) is 18.3. The number of benzene rings is 6. The fourth-order valence-electron chi connectivity index (χ4n) is 5.20. The smallest absolute Gasteiger partial charge is 0.0434 e. The Morgan fingerprint density at radius 2 is 0.838 bits per heavy atom. The van der Waals surface area contributed by atoms with Crippen LogP contribution >= 0.6 is 11.3 Å². The van der Waals surface area contributed by atoms with Gasteiger partial charge >= 0.3 is 0 Å². The summed E-state index contributed by atoms with van der Waals surface area (Å²) in [5.41, 5.74) is 10.0. The van der Waals surface area contributed by atoms with Crippen LogP contribution < -0.4 is 0 Å². The van der Waals surface area contributed by atoms with Gasteiger partial charge in [-0.2, -0.15) is 0 Å². The average Bonchev–Trinajstić information content (AvgIpc) is 3.36. The summed E-state index contributed by atoms with van der Waals surface area (Å²) in [4.78, 5) is 0. The fraction of sp³-hybridized carbons (Fsp3) is 0. The summed E-state index contributed by atoms with van der Waals surface area (Å²) in [6, 6.07) is 52.6. The van der Waals surface area contributed by atoms with Crippen molar-refractivity contribution in [1.82, 2.24) is 0 Å². The molecule has 6 aromatic carbocycles. The quantitative estimate of drug-likeness (QED) is 0.231. The van der Waals surface area contributed by atoms with Crippen LogP contribution in [0.2, 0.25) is 0 Å². The SMILES string of the molecule is c1ccc(-c2cccc(-c3cc(-c4ccccc4)cc4c3sc3ccc(-c5ccccc5)cc34)c2)cc1. The fourth-order valence-corrected chi connectivity index (χ4v) is 6.40. The molecule has 0 fully saturated rings. The minimum Gasteiger partial charge on any atom is -0.135 e. The van der Waals surface area contributed by atoms with Crippen LogP contribution in [0, 0.1) is 0 Å². The van der Waals surface area contributed by atoms with E-state index >= 15 is 0 Å². The molecule has 0 saturated carbocycles. The number of rotatable bonds is 4. The lowest BCUT2D eigenvalue weighted by Gasteiger charge is -2.11. The third-order valence-corrected chi connectivity index (χ3v) is 8.29. The molecule has 1 heterocycles. The second kappa shape index (κ2) is 9.20. The normalized spacial score (nSPS) is 11.2. The van der Waals surface area contributed by atoms with E-state index in [0.29, 0.717) is 0 Å². The van der Waals surface area contributed by atoms with Crippen molar-refractivity contribution in [3.8, 4) is 44.5 Å². The minimum absolute atomic E-state index is 1.24. The van der Waals surface area contributed by atoms with E-state index in [4.69, 9.17) is 0 Å². The molecule has 0 bridgehead atoms. The summed E-state index contributed by atoms with van der Waals surface area (Å²) in [6.45, 7) is 0. The standard InChI is InChI=1S/C36H24S/c1-4-11-25(12-5-1)28-17-10-18-30(21-28)32-23-31(27-15-8-3-9-16-27)24-34-33-22-29(26-13-6-2-7-14-26)19-20-35(33)37-36(32)34/h1-24H. The van der Waals surface area contributed by atoms with Gasteiger partial charge in [-0.3, -0.25) is 0 Å². The largest absolute Gasteiger partial charge is 0.135 e. The molecule has 0 atom stereocenters. The molecular weight excluding hydrogens is 464 g/mol. The second-order valence-electron chi connectivity index (χ2n) is 9.39. The zero-order valence-corrected chi connectivity index (χ0v) is 21.1. The Hall–Kier alpha value is -4.46. The summed E-state index contributed by atoms with van der Waals surface area (Å²) in [5, 5.41) is 2.64. The lowest BCUT2D eigenvalue weighted by Crippen LogP contribution is -1.85. The van der Waals surface area contributed by atoms with Gasteiger partial charge in [0.1, 0.15) is 0 Å². The van der Waals surface area contributed by atoms with Crippen molar-refractivity contribution in [3.05, 3.63) is 146 Å². The molecule has 0 amide bonds. The summed E-state index contributed by atoms with van der Waals surface area (Å²) in [6.07, 6.45) is 0. The summed E-state index contributed by atoms with van der Waals surface area (Å²) in [7, 11) is 0. The first-order valence-corrected chi connectivity index (χ1v) is 13.4. The summed E-state index contributed by atoms with van der Waals surface area (Å²) < 4.78 is 2.66. The molecule has 0 aliphatic heterocycles.